The minimum atomic E-state index is -1.08. The van der Waals surface area contributed by atoms with Gasteiger partial charge in [0.2, 0.25) is 5.82 Å². The van der Waals surface area contributed by atoms with Gasteiger partial charge in [0.15, 0.2) is 5.78 Å². The van der Waals surface area contributed by atoms with Crippen LogP contribution in [0.3, 0.4) is 0 Å². The number of carbonyl (C=O) groups excluding carboxylic acids is 1. The number of ketones is 1. The van der Waals surface area contributed by atoms with Gasteiger partial charge in [0.05, 0.1) is 12.2 Å². The number of carbonyl (C=O) groups is 1. The third-order valence-corrected chi connectivity index (χ3v) is 4.09. The Morgan fingerprint density at radius 1 is 1.28 bits per heavy atom. The second-order valence-electron chi connectivity index (χ2n) is 5.82. The number of nitrogens with one attached hydrogen (secondary N) is 2. The van der Waals surface area contributed by atoms with Crippen LogP contribution in [0.25, 0.3) is 10.9 Å². The Morgan fingerprint density at radius 2 is 2.04 bits per heavy atom. The minimum absolute atomic E-state index is 0.0328. The fourth-order valence-electron chi connectivity index (χ4n) is 2.72. The van der Waals surface area contributed by atoms with Crippen LogP contribution in [0.2, 0.25) is 0 Å². The van der Waals surface area contributed by atoms with E-state index in [1.807, 2.05) is 35.4 Å². The molecule has 1 atom stereocenters. The lowest BCUT2D eigenvalue weighted by Gasteiger charge is -2.11. The van der Waals surface area contributed by atoms with Gasteiger partial charge in [0, 0.05) is 30.1 Å². The van der Waals surface area contributed by atoms with Gasteiger partial charge in [-0.05, 0) is 18.1 Å². The Morgan fingerprint density at radius 3 is 2.84 bits per heavy atom. The first-order valence-corrected chi connectivity index (χ1v) is 7.78. The predicted molar refractivity (Wildman–Crippen MR) is 90.9 cm³/mol. The monoisotopic (exact) mass is 344 g/mol. The average molecular weight is 344 g/mol. The summed E-state index contributed by atoms with van der Waals surface area (Å²) in [5.41, 5.74) is 6.03. The summed E-state index contributed by atoms with van der Waals surface area (Å²) in [7, 11) is 0. The third kappa shape index (κ3) is 3.58. The molecule has 0 amide bonds. The molecule has 25 heavy (non-hydrogen) atoms. The van der Waals surface area contributed by atoms with Crippen LogP contribution >= 0.6 is 0 Å². The van der Waals surface area contributed by atoms with Crippen LogP contribution in [0.4, 0.5) is 4.39 Å². The molecule has 0 aliphatic rings. The van der Waals surface area contributed by atoms with Crippen molar-refractivity contribution in [1.82, 2.24) is 14.5 Å². The van der Waals surface area contributed by atoms with Gasteiger partial charge in [-0.2, -0.15) is 4.39 Å². The molecule has 0 bridgehead atoms. The van der Waals surface area contributed by atoms with E-state index >= 15 is 0 Å². The van der Waals surface area contributed by atoms with E-state index in [2.05, 4.69) is 4.98 Å². The van der Waals surface area contributed by atoms with Crippen LogP contribution in [-0.4, -0.2) is 26.4 Å². The molecule has 3 aromatic rings. The largest absolute Gasteiger partial charge is 0.361 e. The topological polar surface area (TPSA) is 114 Å². The lowest BCUT2D eigenvalue weighted by molar-refractivity contribution is -0.120. The second-order valence-corrected chi connectivity index (χ2v) is 5.82. The quantitative estimate of drug-likeness (QED) is 0.610. The molecule has 0 spiro atoms. The number of para-hydroxylation sites is 1. The smallest absolute Gasteiger partial charge is 0.328 e. The Hall–Kier alpha value is -3.00. The number of Topliss-reactive ketones (excluding diaryl/α,β-unsaturated/α-hetero) is 1. The standard InChI is InChI=1S/C17H17FN4O3/c18-12-9-22(17(25)21-16(12)24)6-5-15(23)13(19)7-10-8-20-14-4-2-1-3-11(10)14/h1-4,8-9,13,20H,5-7,19H2,(H,21,24,25). The summed E-state index contributed by atoms with van der Waals surface area (Å²) in [6.07, 6.45) is 2.94. The molecule has 2 aromatic heterocycles. The maximum Gasteiger partial charge on any atom is 0.328 e. The Bertz CT molecular complexity index is 1030. The molecule has 0 aliphatic heterocycles. The zero-order valence-corrected chi connectivity index (χ0v) is 13.3. The zero-order chi connectivity index (χ0) is 18.0. The maximum absolute atomic E-state index is 13.2. The molecule has 130 valence electrons. The number of nitrogens with two attached hydrogens (primary N) is 1. The lowest BCUT2D eigenvalue weighted by Crippen LogP contribution is -2.35. The predicted octanol–water partition coefficient (Wildman–Crippen LogP) is 0.686. The summed E-state index contributed by atoms with van der Waals surface area (Å²) in [6.45, 7) is -0.0487. The molecule has 0 saturated carbocycles. The van der Waals surface area contributed by atoms with Crippen LogP contribution in [-0.2, 0) is 17.8 Å². The number of rotatable bonds is 6. The van der Waals surface area contributed by atoms with Crippen molar-refractivity contribution in [2.45, 2.75) is 25.4 Å². The molecule has 0 saturated heterocycles. The normalized spacial score (nSPS) is 12.4. The van der Waals surface area contributed by atoms with Gasteiger partial charge >= 0.3 is 5.69 Å². The van der Waals surface area contributed by atoms with Crippen LogP contribution in [0.1, 0.15) is 12.0 Å². The van der Waals surface area contributed by atoms with Crippen LogP contribution in [0, 0.1) is 5.82 Å². The molecular weight excluding hydrogens is 327 g/mol. The summed E-state index contributed by atoms with van der Waals surface area (Å²) >= 11 is 0. The van der Waals surface area contributed by atoms with Gasteiger partial charge in [-0.3, -0.25) is 19.1 Å². The minimum Gasteiger partial charge on any atom is -0.361 e. The number of aryl methyl sites for hydroxylation is 1. The molecule has 2 heterocycles. The van der Waals surface area contributed by atoms with Crippen molar-refractivity contribution in [1.29, 1.82) is 0 Å². The summed E-state index contributed by atoms with van der Waals surface area (Å²) in [4.78, 5) is 39.8. The van der Waals surface area contributed by atoms with E-state index in [9.17, 15) is 18.8 Å². The fourth-order valence-corrected chi connectivity index (χ4v) is 2.72. The van der Waals surface area contributed by atoms with Crippen molar-refractivity contribution >= 4 is 16.7 Å². The maximum atomic E-state index is 13.2. The van der Waals surface area contributed by atoms with Gasteiger partial charge in [-0.15, -0.1) is 0 Å². The van der Waals surface area contributed by atoms with E-state index in [4.69, 9.17) is 5.73 Å². The van der Waals surface area contributed by atoms with E-state index in [1.54, 1.807) is 0 Å². The SMILES string of the molecule is NC(Cc1c[nH]c2ccccc12)C(=O)CCn1cc(F)c(=O)[nH]c1=O. The van der Waals surface area contributed by atoms with Gasteiger partial charge in [-0.1, -0.05) is 18.2 Å². The van der Waals surface area contributed by atoms with Gasteiger partial charge in [0.25, 0.3) is 5.56 Å². The first-order chi connectivity index (χ1) is 12.0. The Labute approximate surface area is 141 Å². The summed E-state index contributed by atoms with van der Waals surface area (Å²) < 4.78 is 14.2. The second kappa shape index (κ2) is 6.86. The van der Waals surface area contributed by atoms with Crippen molar-refractivity contribution in [3.05, 3.63) is 68.9 Å². The number of nitrogens with zero attached hydrogens (tertiary/aromatic N) is 1. The van der Waals surface area contributed by atoms with Crippen molar-refractivity contribution < 1.29 is 9.18 Å². The van der Waals surface area contributed by atoms with Crippen molar-refractivity contribution in [3.63, 3.8) is 0 Å². The highest BCUT2D eigenvalue weighted by atomic mass is 19.1. The molecule has 4 N–H and O–H groups in total. The van der Waals surface area contributed by atoms with Gasteiger partial charge < -0.3 is 10.7 Å². The molecular formula is C17H17FN4O3. The molecule has 0 fully saturated rings. The Balaban J connectivity index is 1.66. The van der Waals surface area contributed by atoms with Crippen LogP contribution < -0.4 is 17.0 Å². The number of fused-ring (bicyclic) bond motifs is 1. The molecule has 8 heteroatoms. The lowest BCUT2D eigenvalue weighted by atomic mass is 10.0. The number of aromatic amines is 2. The van der Waals surface area contributed by atoms with E-state index < -0.39 is 23.1 Å². The molecule has 3 rings (SSSR count). The average Bonchev–Trinajstić information content (AvgIpc) is 2.99. The molecule has 0 aliphatic carbocycles. The highest BCUT2D eigenvalue weighted by Crippen LogP contribution is 2.19. The van der Waals surface area contributed by atoms with Gasteiger partial charge in [0.1, 0.15) is 0 Å². The fraction of sp³-hybridized carbons (Fsp3) is 0.235. The number of aromatic nitrogens is 3. The van der Waals surface area contributed by atoms with E-state index in [0.29, 0.717) is 6.42 Å². The van der Waals surface area contributed by atoms with Crippen molar-refractivity contribution in [2.24, 2.45) is 5.73 Å². The van der Waals surface area contributed by atoms with Crippen LogP contribution in [0.5, 0.6) is 0 Å². The summed E-state index contributed by atoms with van der Waals surface area (Å²) in [6, 6.07) is 6.96. The molecule has 0 radical (unpaired) electrons. The zero-order valence-electron chi connectivity index (χ0n) is 13.3. The first-order valence-electron chi connectivity index (χ1n) is 7.78. The van der Waals surface area contributed by atoms with Crippen molar-refractivity contribution in [2.75, 3.05) is 0 Å². The molecule has 1 aromatic carbocycles. The molecule has 1 unspecified atom stereocenters. The summed E-state index contributed by atoms with van der Waals surface area (Å²) in [5.74, 6) is -1.32. The number of halogens is 1. The van der Waals surface area contributed by atoms with E-state index in [1.165, 1.54) is 0 Å². The summed E-state index contributed by atoms with van der Waals surface area (Å²) in [5, 5.41) is 1.00. The van der Waals surface area contributed by atoms with Crippen LogP contribution in [0.15, 0.2) is 46.2 Å². The van der Waals surface area contributed by atoms with E-state index in [-0.39, 0.29) is 18.7 Å². The number of hydrogen-bond donors (Lipinski definition) is 3. The van der Waals surface area contributed by atoms with Gasteiger partial charge in [-0.25, -0.2) is 4.79 Å². The van der Waals surface area contributed by atoms with E-state index in [0.717, 1.165) is 27.2 Å². The number of benzene rings is 1. The first kappa shape index (κ1) is 16.8. The highest BCUT2D eigenvalue weighted by molar-refractivity contribution is 5.87. The molecule has 7 nitrogen and oxygen atoms in total. The Kier molecular flexibility index (Phi) is 4.62. The third-order valence-electron chi connectivity index (χ3n) is 4.09. The van der Waals surface area contributed by atoms with Crippen molar-refractivity contribution in [3.8, 4) is 0 Å². The number of H-pyrrole nitrogens is 2. The number of hydrogen-bond acceptors (Lipinski definition) is 4. The highest BCUT2D eigenvalue weighted by Gasteiger charge is 2.16.